The summed E-state index contributed by atoms with van der Waals surface area (Å²) in [5.41, 5.74) is -3.26. The molecule has 0 aromatic heterocycles. The molecular formula is C23H41ClNO10P. The SMILES string of the molecule is CC(C)(C)OC(=O)CN(CCC1(C(=O)OCCl)CC1)C(=O)OCOP(=O)(OC(C)(C)C)OC(C)(C)C. The van der Waals surface area contributed by atoms with E-state index in [9.17, 15) is 18.9 Å². The van der Waals surface area contributed by atoms with Crippen molar-refractivity contribution in [2.75, 3.05) is 25.9 Å². The van der Waals surface area contributed by atoms with Gasteiger partial charge in [-0.1, -0.05) is 11.6 Å². The van der Waals surface area contributed by atoms with E-state index in [1.807, 2.05) is 0 Å². The van der Waals surface area contributed by atoms with Gasteiger partial charge in [0.25, 0.3) is 0 Å². The van der Waals surface area contributed by atoms with E-state index < -0.39 is 61.4 Å². The average molecular weight is 558 g/mol. The van der Waals surface area contributed by atoms with Crippen LogP contribution in [0.25, 0.3) is 0 Å². The number of rotatable bonds is 12. The summed E-state index contributed by atoms with van der Waals surface area (Å²) in [5.74, 6) is -1.11. The highest BCUT2D eigenvalue weighted by molar-refractivity contribution is 7.48. The summed E-state index contributed by atoms with van der Waals surface area (Å²) in [4.78, 5) is 38.5. The van der Waals surface area contributed by atoms with E-state index in [2.05, 4.69) is 0 Å². The Hall–Kier alpha value is -1.39. The molecule has 0 bridgehead atoms. The van der Waals surface area contributed by atoms with Crippen LogP contribution in [0, 0.1) is 5.41 Å². The highest BCUT2D eigenvalue weighted by Gasteiger charge is 2.51. The zero-order chi connectivity index (χ0) is 28.0. The van der Waals surface area contributed by atoms with Crippen molar-refractivity contribution in [3.63, 3.8) is 0 Å². The fourth-order valence-electron chi connectivity index (χ4n) is 3.00. The second-order valence-electron chi connectivity index (χ2n) is 11.6. The van der Waals surface area contributed by atoms with Crippen LogP contribution >= 0.6 is 19.4 Å². The van der Waals surface area contributed by atoms with Crippen molar-refractivity contribution in [3.8, 4) is 0 Å². The lowest BCUT2D eigenvalue weighted by Crippen LogP contribution is -2.41. The molecule has 0 radical (unpaired) electrons. The lowest BCUT2D eigenvalue weighted by molar-refractivity contribution is -0.156. The van der Waals surface area contributed by atoms with E-state index in [0.717, 1.165) is 4.90 Å². The van der Waals surface area contributed by atoms with Gasteiger partial charge in [0.2, 0.25) is 6.79 Å². The third-order valence-electron chi connectivity index (χ3n) is 4.50. The zero-order valence-corrected chi connectivity index (χ0v) is 24.5. The molecule has 0 spiro atoms. The summed E-state index contributed by atoms with van der Waals surface area (Å²) in [6.07, 6.45) is 0.470. The van der Waals surface area contributed by atoms with Crippen LogP contribution in [0.3, 0.4) is 0 Å². The molecule has 0 heterocycles. The molecule has 13 heteroatoms. The standard InChI is InChI=1S/C23H41ClNO10P/c1-20(2,3)33-17(26)14-25(13-12-23(10-11-23)18(27)30-15-24)19(28)31-16-32-36(29,34-21(4,5)6)35-22(7,8)9/h10-16H2,1-9H3. The molecular weight excluding hydrogens is 517 g/mol. The highest BCUT2D eigenvalue weighted by atomic mass is 35.5. The largest absolute Gasteiger partial charge is 0.478 e. The normalized spacial score (nSPS) is 15.7. The predicted octanol–water partition coefficient (Wildman–Crippen LogP) is 5.39. The van der Waals surface area contributed by atoms with Gasteiger partial charge >= 0.3 is 25.9 Å². The van der Waals surface area contributed by atoms with Gasteiger partial charge in [-0.15, -0.1) is 0 Å². The van der Waals surface area contributed by atoms with E-state index >= 15 is 0 Å². The van der Waals surface area contributed by atoms with Gasteiger partial charge in [0, 0.05) is 6.54 Å². The quantitative estimate of drug-likeness (QED) is 0.101. The van der Waals surface area contributed by atoms with E-state index in [-0.39, 0.29) is 19.0 Å². The molecule has 0 N–H and O–H groups in total. The molecule has 210 valence electrons. The number of amides is 1. The summed E-state index contributed by atoms with van der Waals surface area (Å²) in [6, 6.07) is -0.269. The second kappa shape index (κ2) is 12.4. The Labute approximate surface area is 219 Å². The number of nitrogens with zero attached hydrogens (tertiary/aromatic N) is 1. The van der Waals surface area contributed by atoms with Crippen LogP contribution in [-0.2, 0) is 41.9 Å². The van der Waals surface area contributed by atoms with Crippen molar-refractivity contribution < 1.29 is 46.7 Å². The van der Waals surface area contributed by atoms with Crippen LogP contribution in [0.5, 0.6) is 0 Å². The Morgan fingerprint density at radius 3 is 1.83 bits per heavy atom. The van der Waals surface area contributed by atoms with Gasteiger partial charge < -0.3 is 14.2 Å². The predicted molar refractivity (Wildman–Crippen MR) is 132 cm³/mol. The number of halogens is 1. The van der Waals surface area contributed by atoms with Crippen molar-refractivity contribution >= 4 is 37.5 Å². The highest BCUT2D eigenvalue weighted by Crippen LogP contribution is 2.55. The van der Waals surface area contributed by atoms with E-state index in [1.165, 1.54) is 0 Å². The smallest absolute Gasteiger partial charge is 0.459 e. The maximum atomic E-state index is 13.1. The summed E-state index contributed by atoms with van der Waals surface area (Å²) in [7, 11) is -4.12. The number of phosphoric ester groups is 1. The van der Waals surface area contributed by atoms with Gasteiger partial charge in [0.05, 0.1) is 16.6 Å². The van der Waals surface area contributed by atoms with Crippen LogP contribution < -0.4 is 0 Å². The Morgan fingerprint density at radius 2 is 1.42 bits per heavy atom. The van der Waals surface area contributed by atoms with Crippen LogP contribution in [-0.4, -0.2) is 65.7 Å². The minimum absolute atomic E-state index is 0.00407. The molecule has 0 aromatic carbocycles. The average Bonchev–Trinajstić information content (AvgIpc) is 3.41. The minimum Gasteiger partial charge on any atom is -0.459 e. The van der Waals surface area contributed by atoms with Crippen molar-refractivity contribution in [1.29, 1.82) is 0 Å². The summed E-state index contributed by atoms with van der Waals surface area (Å²) in [5, 5.41) is 0. The summed E-state index contributed by atoms with van der Waals surface area (Å²) in [6.45, 7) is 14.0. The number of carbonyl (C=O) groups excluding carboxylic acids is 3. The van der Waals surface area contributed by atoms with Crippen LogP contribution in [0.15, 0.2) is 0 Å². The molecule has 1 fully saturated rings. The van der Waals surface area contributed by atoms with Gasteiger partial charge in [-0.25, -0.2) is 13.9 Å². The number of carbonyl (C=O) groups is 3. The van der Waals surface area contributed by atoms with Gasteiger partial charge in [-0.3, -0.25) is 23.5 Å². The first-order chi connectivity index (χ1) is 16.2. The second-order valence-corrected chi connectivity index (χ2v) is 13.3. The molecule has 36 heavy (non-hydrogen) atoms. The third-order valence-corrected chi connectivity index (χ3v) is 6.57. The first kappa shape index (κ1) is 32.6. The number of ether oxygens (including phenoxy) is 3. The van der Waals surface area contributed by atoms with Crippen molar-refractivity contribution in [3.05, 3.63) is 0 Å². The Bertz CT molecular complexity index is 804. The monoisotopic (exact) mass is 557 g/mol. The fraction of sp³-hybridized carbons (Fsp3) is 0.870. The van der Waals surface area contributed by atoms with E-state index in [1.54, 1.807) is 62.3 Å². The van der Waals surface area contributed by atoms with Crippen LogP contribution in [0.2, 0.25) is 0 Å². The molecule has 0 atom stereocenters. The van der Waals surface area contributed by atoms with Crippen LogP contribution in [0.4, 0.5) is 4.79 Å². The van der Waals surface area contributed by atoms with Gasteiger partial charge in [0.1, 0.15) is 12.1 Å². The van der Waals surface area contributed by atoms with E-state index in [0.29, 0.717) is 12.8 Å². The maximum absolute atomic E-state index is 13.1. The molecule has 0 unspecified atom stereocenters. The van der Waals surface area contributed by atoms with Gasteiger partial charge in [-0.2, -0.15) is 0 Å². The Balaban J connectivity index is 2.89. The number of hydrogen-bond acceptors (Lipinski definition) is 10. The van der Waals surface area contributed by atoms with E-state index in [4.69, 9.17) is 39.4 Å². The first-order valence-corrected chi connectivity index (χ1v) is 13.7. The summed E-state index contributed by atoms with van der Waals surface area (Å²) < 4.78 is 44.7. The van der Waals surface area contributed by atoms with Crippen molar-refractivity contribution in [2.24, 2.45) is 5.41 Å². The number of hydrogen-bond donors (Lipinski definition) is 0. The first-order valence-electron chi connectivity index (χ1n) is 11.7. The summed E-state index contributed by atoms with van der Waals surface area (Å²) >= 11 is 5.50. The topological polar surface area (TPSA) is 127 Å². The molecule has 1 aliphatic carbocycles. The molecule has 0 aromatic rings. The molecule has 1 saturated carbocycles. The van der Waals surface area contributed by atoms with Crippen molar-refractivity contribution in [2.45, 2.75) is 98.4 Å². The van der Waals surface area contributed by atoms with Gasteiger partial charge in [0.15, 0.2) is 6.07 Å². The molecule has 0 aliphatic heterocycles. The molecule has 11 nitrogen and oxygen atoms in total. The minimum atomic E-state index is -4.12. The lowest BCUT2D eigenvalue weighted by Gasteiger charge is -2.31. The Morgan fingerprint density at radius 1 is 0.889 bits per heavy atom. The number of esters is 2. The number of alkyl halides is 1. The van der Waals surface area contributed by atoms with Gasteiger partial charge in [-0.05, 0) is 81.6 Å². The fourth-order valence-corrected chi connectivity index (χ4v) is 4.76. The third kappa shape index (κ3) is 12.7. The van der Waals surface area contributed by atoms with Crippen molar-refractivity contribution in [1.82, 2.24) is 4.90 Å². The van der Waals surface area contributed by atoms with Crippen LogP contribution in [0.1, 0.15) is 81.6 Å². The molecule has 0 saturated heterocycles. The lowest BCUT2D eigenvalue weighted by atomic mass is 10.0. The molecule has 1 amide bonds. The Kier molecular flexibility index (Phi) is 11.3. The molecule has 1 rings (SSSR count). The number of phosphoric acid groups is 1. The zero-order valence-electron chi connectivity index (χ0n) is 22.8. The maximum Gasteiger partial charge on any atom is 0.478 e. The molecule has 1 aliphatic rings.